The molecule has 6 aromatic rings. The lowest BCUT2D eigenvalue weighted by molar-refractivity contribution is 0.0697. The van der Waals surface area contributed by atoms with E-state index in [0.29, 0.717) is 46.2 Å². The van der Waals surface area contributed by atoms with Crippen molar-refractivity contribution in [3.8, 4) is 34.5 Å². The molecule has 0 saturated heterocycles. The van der Waals surface area contributed by atoms with Crippen LogP contribution in [0.5, 0.6) is 17.4 Å². The first-order chi connectivity index (χ1) is 23.3. The highest BCUT2D eigenvalue weighted by molar-refractivity contribution is 7.09. The molecule has 0 bridgehead atoms. The molecule has 6 rings (SSSR count). The van der Waals surface area contributed by atoms with Gasteiger partial charge in [0.25, 0.3) is 0 Å². The first-order valence-corrected chi connectivity index (χ1v) is 16.2. The molecule has 0 saturated carbocycles. The number of carbonyl (C=O) groups is 1. The number of thiazole rings is 1. The number of rotatable bonds is 13. The normalized spacial score (nSPS) is 11.4. The Morgan fingerprint density at radius 1 is 0.979 bits per heavy atom. The number of aromatic nitrogens is 4. The van der Waals surface area contributed by atoms with Gasteiger partial charge in [0.15, 0.2) is 11.5 Å². The van der Waals surface area contributed by atoms with E-state index in [1.165, 1.54) is 12.1 Å². The van der Waals surface area contributed by atoms with Crippen molar-refractivity contribution in [2.75, 3.05) is 7.11 Å². The van der Waals surface area contributed by atoms with E-state index >= 15 is 0 Å². The summed E-state index contributed by atoms with van der Waals surface area (Å²) in [5.41, 5.74) is 5.00. The molecular weight excluding hydrogens is 628 g/mol. The minimum Gasteiger partial charge on any atom is -0.493 e. The second kappa shape index (κ2) is 14.4. The van der Waals surface area contributed by atoms with Crippen LogP contribution in [0.25, 0.3) is 29.3 Å². The predicted octanol–water partition coefficient (Wildman–Crippen LogP) is 8.45. The number of para-hydroxylation sites is 1. The third-order valence-electron chi connectivity index (χ3n) is 7.43. The van der Waals surface area contributed by atoms with Gasteiger partial charge in [-0.25, -0.2) is 19.4 Å². The molecule has 244 valence electrons. The summed E-state index contributed by atoms with van der Waals surface area (Å²) in [4.78, 5) is 20.4. The van der Waals surface area contributed by atoms with Crippen LogP contribution in [-0.2, 0) is 13.2 Å². The molecule has 10 nitrogen and oxygen atoms in total. The van der Waals surface area contributed by atoms with Crippen LogP contribution in [-0.4, -0.2) is 37.9 Å². The van der Waals surface area contributed by atoms with Gasteiger partial charge in [0.2, 0.25) is 11.8 Å². The van der Waals surface area contributed by atoms with Crippen LogP contribution >= 0.6 is 11.3 Å². The quantitative estimate of drug-likeness (QED) is 0.130. The standard InChI is InChI=1S/C37H34N4O6S/c1-23(2)36-38-29(22-48-36)16-15-28-19-41(30-8-6-5-7-9-30)40-35(28)46-20-25-10-17-32(33(18-25)44-4)45-21-31-24(3)47-34(39-31)26-11-13-27(14-12-26)37(42)43/h5-19,22-23H,20-21H2,1-4H3,(H,42,43)/b16-15+. The summed E-state index contributed by atoms with van der Waals surface area (Å²) in [6.45, 7) is 6.48. The number of aromatic carboxylic acids is 1. The maximum Gasteiger partial charge on any atom is 0.335 e. The van der Waals surface area contributed by atoms with Crippen LogP contribution in [0.1, 0.15) is 63.4 Å². The first-order valence-electron chi connectivity index (χ1n) is 15.3. The van der Waals surface area contributed by atoms with Crippen LogP contribution in [0.15, 0.2) is 88.8 Å². The number of oxazole rings is 1. The maximum absolute atomic E-state index is 11.2. The first kappa shape index (κ1) is 32.3. The molecule has 11 heteroatoms. The number of hydrogen-bond donors (Lipinski definition) is 1. The van der Waals surface area contributed by atoms with E-state index in [-0.39, 0.29) is 18.8 Å². The summed E-state index contributed by atoms with van der Waals surface area (Å²) in [7, 11) is 1.58. The molecule has 3 aromatic heterocycles. The second-order valence-electron chi connectivity index (χ2n) is 11.2. The van der Waals surface area contributed by atoms with Gasteiger partial charge in [0.05, 0.1) is 34.6 Å². The van der Waals surface area contributed by atoms with Crippen LogP contribution in [0.4, 0.5) is 0 Å². The smallest absolute Gasteiger partial charge is 0.335 e. The van der Waals surface area contributed by atoms with E-state index < -0.39 is 5.97 Å². The van der Waals surface area contributed by atoms with Crippen molar-refractivity contribution in [2.24, 2.45) is 0 Å². The van der Waals surface area contributed by atoms with Crippen LogP contribution in [0, 0.1) is 6.92 Å². The van der Waals surface area contributed by atoms with Gasteiger partial charge in [0.1, 0.15) is 24.7 Å². The van der Waals surface area contributed by atoms with Crippen molar-refractivity contribution in [1.82, 2.24) is 19.7 Å². The fraction of sp³-hybridized carbons (Fsp3) is 0.189. The van der Waals surface area contributed by atoms with Crippen molar-refractivity contribution in [2.45, 2.75) is 39.9 Å². The van der Waals surface area contributed by atoms with Gasteiger partial charge >= 0.3 is 5.97 Å². The molecule has 0 aliphatic heterocycles. The van der Waals surface area contributed by atoms with E-state index in [4.69, 9.17) is 33.8 Å². The molecule has 0 atom stereocenters. The monoisotopic (exact) mass is 662 g/mol. The zero-order chi connectivity index (χ0) is 33.6. The highest BCUT2D eigenvalue weighted by Gasteiger charge is 2.16. The average molecular weight is 663 g/mol. The zero-order valence-electron chi connectivity index (χ0n) is 26.9. The Kier molecular flexibility index (Phi) is 9.67. The van der Waals surface area contributed by atoms with Gasteiger partial charge < -0.3 is 23.7 Å². The molecular formula is C37H34N4O6S. The van der Waals surface area contributed by atoms with E-state index in [1.807, 2.05) is 72.3 Å². The van der Waals surface area contributed by atoms with Crippen molar-refractivity contribution >= 4 is 29.5 Å². The zero-order valence-corrected chi connectivity index (χ0v) is 27.7. The molecule has 48 heavy (non-hydrogen) atoms. The Bertz CT molecular complexity index is 2040. The fourth-order valence-corrected chi connectivity index (χ4v) is 5.59. The lowest BCUT2D eigenvalue weighted by Gasteiger charge is -2.12. The fourth-order valence-electron chi connectivity index (χ4n) is 4.79. The van der Waals surface area contributed by atoms with Gasteiger partial charge in [-0.15, -0.1) is 16.4 Å². The number of nitrogens with zero attached hydrogens (tertiary/aromatic N) is 4. The van der Waals surface area contributed by atoms with Crippen molar-refractivity contribution < 1.29 is 28.5 Å². The summed E-state index contributed by atoms with van der Waals surface area (Å²) in [5, 5.41) is 17.0. The SMILES string of the molecule is COc1cc(COc2nn(-c3ccccc3)cc2/C=C/c2csc(C(C)C)n2)ccc1OCc1nc(-c2ccc(C(=O)O)cc2)oc1C. The number of ether oxygens (including phenoxy) is 3. The summed E-state index contributed by atoms with van der Waals surface area (Å²) < 4.78 is 25.6. The highest BCUT2D eigenvalue weighted by Crippen LogP contribution is 2.31. The third kappa shape index (κ3) is 7.48. The van der Waals surface area contributed by atoms with E-state index in [0.717, 1.165) is 27.5 Å². The Morgan fingerprint density at radius 2 is 1.77 bits per heavy atom. The summed E-state index contributed by atoms with van der Waals surface area (Å²) in [6.07, 6.45) is 5.89. The predicted molar refractivity (Wildman–Crippen MR) is 184 cm³/mol. The Labute approximate surface area is 281 Å². The van der Waals surface area contributed by atoms with Gasteiger partial charge in [-0.2, -0.15) is 0 Å². The third-order valence-corrected chi connectivity index (χ3v) is 8.60. The van der Waals surface area contributed by atoms with Gasteiger partial charge in [-0.1, -0.05) is 38.1 Å². The number of aryl methyl sites for hydroxylation is 1. The van der Waals surface area contributed by atoms with Crippen molar-refractivity contribution in [3.05, 3.63) is 123 Å². The van der Waals surface area contributed by atoms with Gasteiger partial charge in [-0.05, 0) is 73.2 Å². The Morgan fingerprint density at radius 3 is 2.48 bits per heavy atom. The molecule has 3 aromatic carbocycles. The maximum atomic E-state index is 11.2. The minimum absolute atomic E-state index is 0.152. The summed E-state index contributed by atoms with van der Waals surface area (Å²) >= 11 is 1.65. The lowest BCUT2D eigenvalue weighted by atomic mass is 10.1. The van der Waals surface area contributed by atoms with E-state index in [9.17, 15) is 4.79 Å². The molecule has 0 fully saturated rings. The van der Waals surface area contributed by atoms with Crippen LogP contribution < -0.4 is 14.2 Å². The van der Waals surface area contributed by atoms with E-state index in [1.54, 1.807) is 42.2 Å². The second-order valence-corrected chi connectivity index (χ2v) is 12.1. The summed E-state index contributed by atoms with van der Waals surface area (Å²) in [5.74, 6) is 1.95. The molecule has 0 radical (unpaired) electrons. The number of hydrogen-bond acceptors (Lipinski definition) is 9. The Balaban J connectivity index is 1.15. The number of benzene rings is 3. The molecule has 3 heterocycles. The minimum atomic E-state index is -0.991. The molecule has 0 aliphatic carbocycles. The van der Waals surface area contributed by atoms with Gasteiger partial charge in [0, 0.05) is 23.1 Å². The topological polar surface area (TPSA) is 122 Å². The largest absolute Gasteiger partial charge is 0.493 e. The molecule has 0 aliphatic rings. The number of carboxylic acid groups (broad SMARTS) is 1. The Hall–Kier alpha value is -5.68. The highest BCUT2D eigenvalue weighted by atomic mass is 32.1. The molecule has 0 amide bonds. The van der Waals surface area contributed by atoms with Crippen LogP contribution in [0.2, 0.25) is 0 Å². The molecule has 0 unspecified atom stereocenters. The van der Waals surface area contributed by atoms with Crippen molar-refractivity contribution in [1.29, 1.82) is 0 Å². The van der Waals surface area contributed by atoms with E-state index in [2.05, 4.69) is 18.8 Å². The number of methoxy groups -OCH3 is 1. The number of carboxylic acids is 1. The lowest BCUT2D eigenvalue weighted by Crippen LogP contribution is -2.02. The molecule has 1 N–H and O–H groups in total. The van der Waals surface area contributed by atoms with Crippen LogP contribution in [0.3, 0.4) is 0 Å². The molecule has 0 spiro atoms. The van der Waals surface area contributed by atoms with Crippen molar-refractivity contribution in [3.63, 3.8) is 0 Å². The average Bonchev–Trinajstić information content (AvgIpc) is 3.84. The van der Waals surface area contributed by atoms with Gasteiger partial charge in [-0.3, -0.25) is 0 Å². The summed E-state index contributed by atoms with van der Waals surface area (Å²) in [6, 6.07) is 21.9.